The van der Waals surface area contributed by atoms with E-state index in [2.05, 4.69) is 47.6 Å². The summed E-state index contributed by atoms with van der Waals surface area (Å²) in [6.45, 7) is 1.97. The first-order valence-corrected chi connectivity index (χ1v) is 6.97. The summed E-state index contributed by atoms with van der Waals surface area (Å²) in [4.78, 5) is 2.25. The average molecular weight is 268 g/mol. The van der Waals surface area contributed by atoms with E-state index >= 15 is 0 Å². The van der Waals surface area contributed by atoms with Gasteiger partial charge in [-0.2, -0.15) is 0 Å². The quantitative estimate of drug-likeness (QED) is 0.920. The summed E-state index contributed by atoms with van der Waals surface area (Å²) in [6.07, 6.45) is 1.14. The number of hydrogen-bond donors (Lipinski definition) is 1. The van der Waals surface area contributed by atoms with Crippen molar-refractivity contribution in [1.82, 2.24) is 0 Å². The predicted molar refractivity (Wildman–Crippen MR) is 83.7 cm³/mol. The molecule has 0 saturated carbocycles. The molecule has 1 aliphatic heterocycles. The Labute approximate surface area is 120 Å². The molecule has 0 unspecified atom stereocenters. The van der Waals surface area contributed by atoms with Crippen LogP contribution in [-0.4, -0.2) is 20.7 Å². The van der Waals surface area contributed by atoms with Crippen LogP contribution >= 0.6 is 0 Å². The number of ether oxygens (including phenoxy) is 1. The number of nitrogens with zero attached hydrogens (tertiary/aromatic N) is 1. The second kappa shape index (κ2) is 5.45. The van der Waals surface area contributed by atoms with Crippen molar-refractivity contribution in [2.45, 2.75) is 13.0 Å². The number of hydrogen-bond acceptors (Lipinski definition) is 3. The Morgan fingerprint density at radius 1 is 1.15 bits per heavy atom. The Morgan fingerprint density at radius 3 is 2.70 bits per heavy atom. The van der Waals surface area contributed by atoms with Gasteiger partial charge in [0.05, 0.1) is 7.11 Å². The van der Waals surface area contributed by atoms with Crippen LogP contribution in [0.5, 0.6) is 5.75 Å². The summed E-state index contributed by atoms with van der Waals surface area (Å²) in [5, 5.41) is 3.43. The molecule has 0 bridgehead atoms. The van der Waals surface area contributed by atoms with Gasteiger partial charge in [0, 0.05) is 31.5 Å². The zero-order chi connectivity index (χ0) is 13.9. The van der Waals surface area contributed by atoms with Crippen LogP contribution in [-0.2, 0) is 13.0 Å². The smallest absolute Gasteiger partial charge is 0.119 e. The Hall–Kier alpha value is -2.16. The van der Waals surface area contributed by atoms with Gasteiger partial charge in [-0.3, -0.25) is 0 Å². The number of nitrogens with one attached hydrogen (secondary N) is 1. The molecule has 2 aromatic carbocycles. The van der Waals surface area contributed by atoms with Crippen LogP contribution in [0.3, 0.4) is 0 Å². The fraction of sp³-hybridized carbons (Fsp3) is 0.294. The van der Waals surface area contributed by atoms with E-state index in [1.165, 1.54) is 22.5 Å². The molecule has 0 radical (unpaired) electrons. The Kier molecular flexibility index (Phi) is 3.50. The maximum Gasteiger partial charge on any atom is 0.119 e. The van der Waals surface area contributed by atoms with Crippen molar-refractivity contribution < 1.29 is 4.74 Å². The molecule has 1 heterocycles. The molecule has 0 aromatic heterocycles. The van der Waals surface area contributed by atoms with Crippen molar-refractivity contribution in [1.29, 1.82) is 0 Å². The molecular formula is C17H20N2O. The standard InChI is InChI=1S/C17H20N2O/c1-19(15-5-7-16(20-2)8-6-15)12-13-3-4-14-9-10-18-17(14)11-13/h3-8,11,18H,9-10,12H2,1-2H3. The molecule has 0 aliphatic carbocycles. The first-order valence-electron chi connectivity index (χ1n) is 6.97. The molecule has 0 spiro atoms. The van der Waals surface area contributed by atoms with Gasteiger partial charge in [0.25, 0.3) is 0 Å². The Balaban J connectivity index is 1.73. The average Bonchev–Trinajstić information content (AvgIpc) is 2.95. The van der Waals surface area contributed by atoms with E-state index in [-0.39, 0.29) is 0 Å². The number of rotatable bonds is 4. The third kappa shape index (κ3) is 2.57. The van der Waals surface area contributed by atoms with Gasteiger partial charge >= 0.3 is 0 Å². The summed E-state index contributed by atoms with van der Waals surface area (Å²) in [5.41, 5.74) is 5.25. The van der Waals surface area contributed by atoms with E-state index in [1.807, 2.05) is 12.1 Å². The zero-order valence-corrected chi connectivity index (χ0v) is 12.0. The van der Waals surface area contributed by atoms with Crippen molar-refractivity contribution >= 4 is 11.4 Å². The predicted octanol–water partition coefficient (Wildman–Crippen LogP) is 3.30. The van der Waals surface area contributed by atoms with Crippen LogP contribution in [0, 0.1) is 0 Å². The topological polar surface area (TPSA) is 24.5 Å². The molecule has 3 heteroatoms. The van der Waals surface area contributed by atoms with Crippen LogP contribution in [0.15, 0.2) is 42.5 Å². The molecule has 0 fully saturated rings. The van der Waals surface area contributed by atoms with Crippen LogP contribution in [0.2, 0.25) is 0 Å². The van der Waals surface area contributed by atoms with E-state index in [9.17, 15) is 0 Å². The fourth-order valence-electron chi connectivity index (χ4n) is 2.64. The van der Waals surface area contributed by atoms with Crippen molar-refractivity contribution in [2.24, 2.45) is 0 Å². The van der Waals surface area contributed by atoms with Crippen molar-refractivity contribution in [3.63, 3.8) is 0 Å². The summed E-state index contributed by atoms with van der Waals surface area (Å²) >= 11 is 0. The lowest BCUT2D eigenvalue weighted by atomic mass is 10.1. The maximum atomic E-state index is 5.19. The molecule has 0 amide bonds. The Morgan fingerprint density at radius 2 is 1.95 bits per heavy atom. The van der Waals surface area contributed by atoms with Gasteiger partial charge in [0.1, 0.15) is 5.75 Å². The second-order valence-electron chi connectivity index (χ2n) is 5.22. The molecule has 0 saturated heterocycles. The highest BCUT2D eigenvalue weighted by atomic mass is 16.5. The minimum atomic E-state index is 0.892. The SMILES string of the molecule is COc1ccc(N(C)Cc2ccc3c(c2)NCC3)cc1. The fourth-order valence-corrected chi connectivity index (χ4v) is 2.64. The number of fused-ring (bicyclic) bond motifs is 1. The summed E-state index contributed by atoms with van der Waals surface area (Å²) in [7, 11) is 3.80. The lowest BCUT2D eigenvalue weighted by Gasteiger charge is -2.20. The summed E-state index contributed by atoms with van der Waals surface area (Å²) in [6, 6.07) is 14.9. The largest absolute Gasteiger partial charge is 0.497 e. The minimum absolute atomic E-state index is 0.892. The van der Waals surface area contributed by atoms with E-state index < -0.39 is 0 Å². The van der Waals surface area contributed by atoms with Gasteiger partial charge in [-0.15, -0.1) is 0 Å². The maximum absolute atomic E-state index is 5.19. The first kappa shape index (κ1) is 12.9. The molecule has 104 valence electrons. The van der Waals surface area contributed by atoms with Gasteiger partial charge in [-0.05, 0) is 47.9 Å². The molecule has 3 rings (SSSR count). The molecule has 0 atom stereocenters. The van der Waals surface area contributed by atoms with Gasteiger partial charge in [-0.25, -0.2) is 0 Å². The Bertz CT molecular complexity index is 592. The summed E-state index contributed by atoms with van der Waals surface area (Å²) < 4.78 is 5.19. The van der Waals surface area contributed by atoms with E-state index in [0.29, 0.717) is 0 Å². The third-order valence-corrected chi connectivity index (χ3v) is 3.82. The number of benzene rings is 2. The van der Waals surface area contributed by atoms with Crippen molar-refractivity contribution in [2.75, 3.05) is 30.9 Å². The zero-order valence-electron chi connectivity index (χ0n) is 12.0. The van der Waals surface area contributed by atoms with Gasteiger partial charge in [0.15, 0.2) is 0 Å². The van der Waals surface area contributed by atoms with E-state index in [1.54, 1.807) is 7.11 Å². The first-order chi connectivity index (χ1) is 9.76. The highest BCUT2D eigenvalue weighted by Gasteiger charge is 2.10. The van der Waals surface area contributed by atoms with Crippen LogP contribution < -0.4 is 15.0 Å². The number of methoxy groups -OCH3 is 1. The van der Waals surface area contributed by atoms with Crippen LogP contribution in [0.25, 0.3) is 0 Å². The highest BCUT2D eigenvalue weighted by Crippen LogP contribution is 2.25. The van der Waals surface area contributed by atoms with Crippen molar-refractivity contribution in [3.8, 4) is 5.75 Å². The lowest BCUT2D eigenvalue weighted by Crippen LogP contribution is -2.16. The minimum Gasteiger partial charge on any atom is -0.497 e. The van der Waals surface area contributed by atoms with Gasteiger partial charge < -0.3 is 15.0 Å². The van der Waals surface area contributed by atoms with Gasteiger partial charge in [0.2, 0.25) is 0 Å². The van der Waals surface area contributed by atoms with Gasteiger partial charge in [-0.1, -0.05) is 12.1 Å². The second-order valence-corrected chi connectivity index (χ2v) is 5.22. The molecular weight excluding hydrogens is 248 g/mol. The normalized spacial score (nSPS) is 12.7. The molecule has 3 nitrogen and oxygen atoms in total. The third-order valence-electron chi connectivity index (χ3n) is 3.82. The number of anilines is 2. The van der Waals surface area contributed by atoms with E-state index in [4.69, 9.17) is 4.74 Å². The van der Waals surface area contributed by atoms with Crippen LogP contribution in [0.1, 0.15) is 11.1 Å². The molecule has 1 N–H and O–H groups in total. The van der Waals surface area contributed by atoms with Crippen molar-refractivity contribution in [3.05, 3.63) is 53.6 Å². The van der Waals surface area contributed by atoms with Crippen LogP contribution in [0.4, 0.5) is 11.4 Å². The molecule has 20 heavy (non-hydrogen) atoms. The highest BCUT2D eigenvalue weighted by molar-refractivity contribution is 5.58. The lowest BCUT2D eigenvalue weighted by molar-refractivity contribution is 0.415. The molecule has 1 aliphatic rings. The molecule has 2 aromatic rings. The van der Waals surface area contributed by atoms with E-state index in [0.717, 1.165) is 25.3 Å². The monoisotopic (exact) mass is 268 g/mol. The summed E-state index contributed by atoms with van der Waals surface area (Å²) in [5.74, 6) is 0.892.